The fourth-order valence-electron chi connectivity index (χ4n) is 3.26. The first-order valence-corrected chi connectivity index (χ1v) is 8.18. The molecule has 0 bridgehead atoms. The number of amides is 1. The van der Waals surface area contributed by atoms with Crippen molar-refractivity contribution in [1.29, 1.82) is 0 Å². The molecule has 1 fully saturated rings. The second-order valence-corrected chi connectivity index (χ2v) is 6.04. The van der Waals surface area contributed by atoms with E-state index in [0.29, 0.717) is 12.3 Å². The van der Waals surface area contributed by atoms with Crippen LogP contribution in [0.15, 0.2) is 30.5 Å². The van der Waals surface area contributed by atoms with Crippen LogP contribution in [0.1, 0.15) is 25.3 Å². The molecule has 4 nitrogen and oxygen atoms in total. The van der Waals surface area contributed by atoms with E-state index in [1.807, 2.05) is 36.2 Å². The molecule has 1 aliphatic rings. The number of ether oxygens (including phenoxy) is 1. The highest BCUT2D eigenvalue weighted by molar-refractivity contribution is 5.88. The minimum atomic E-state index is 0.228. The number of aromatic nitrogens is 1. The van der Waals surface area contributed by atoms with Crippen molar-refractivity contribution >= 4 is 16.8 Å². The molecule has 2 aromatic rings. The van der Waals surface area contributed by atoms with Crippen molar-refractivity contribution < 1.29 is 9.53 Å². The number of hydrogen-bond acceptors (Lipinski definition) is 2. The van der Waals surface area contributed by atoms with Gasteiger partial charge in [-0.15, -0.1) is 0 Å². The van der Waals surface area contributed by atoms with Gasteiger partial charge in [-0.25, -0.2) is 0 Å². The van der Waals surface area contributed by atoms with E-state index in [4.69, 9.17) is 4.74 Å². The maximum atomic E-state index is 12.6. The molecule has 1 atom stereocenters. The smallest absolute Gasteiger partial charge is 0.227 e. The Morgan fingerprint density at radius 2 is 2.27 bits per heavy atom. The second kappa shape index (κ2) is 6.97. The zero-order chi connectivity index (χ0) is 15.4. The number of likely N-dealkylation sites (tertiary alicyclic amines) is 1. The lowest BCUT2D eigenvalue weighted by Crippen LogP contribution is -2.41. The molecule has 1 aromatic carbocycles. The average molecular weight is 300 g/mol. The molecule has 1 unspecified atom stereocenters. The molecule has 4 heteroatoms. The summed E-state index contributed by atoms with van der Waals surface area (Å²) >= 11 is 0. The largest absolute Gasteiger partial charge is 0.381 e. The summed E-state index contributed by atoms with van der Waals surface area (Å²) in [6.45, 7) is 5.25. The fourth-order valence-corrected chi connectivity index (χ4v) is 3.26. The van der Waals surface area contributed by atoms with Crippen molar-refractivity contribution in [2.24, 2.45) is 5.92 Å². The van der Waals surface area contributed by atoms with E-state index in [9.17, 15) is 4.79 Å². The van der Waals surface area contributed by atoms with E-state index >= 15 is 0 Å². The highest BCUT2D eigenvalue weighted by Gasteiger charge is 2.24. The summed E-state index contributed by atoms with van der Waals surface area (Å²) in [6.07, 6.45) is 4.68. The third-order valence-electron chi connectivity index (χ3n) is 4.45. The van der Waals surface area contributed by atoms with E-state index in [1.54, 1.807) is 0 Å². The van der Waals surface area contributed by atoms with Gasteiger partial charge in [-0.3, -0.25) is 4.79 Å². The van der Waals surface area contributed by atoms with Crippen molar-refractivity contribution in [3.8, 4) is 0 Å². The van der Waals surface area contributed by atoms with Crippen LogP contribution in [-0.2, 0) is 16.0 Å². The summed E-state index contributed by atoms with van der Waals surface area (Å²) < 4.78 is 5.52. The third kappa shape index (κ3) is 3.33. The van der Waals surface area contributed by atoms with Crippen LogP contribution in [0.25, 0.3) is 10.9 Å². The zero-order valence-electron chi connectivity index (χ0n) is 13.2. The van der Waals surface area contributed by atoms with Gasteiger partial charge in [0.05, 0.1) is 13.0 Å². The van der Waals surface area contributed by atoms with Gasteiger partial charge in [0.2, 0.25) is 5.91 Å². The molecule has 22 heavy (non-hydrogen) atoms. The third-order valence-corrected chi connectivity index (χ3v) is 4.45. The molecule has 0 radical (unpaired) electrons. The molecule has 1 N–H and O–H groups in total. The van der Waals surface area contributed by atoms with Crippen molar-refractivity contribution in [2.45, 2.75) is 26.2 Å². The number of nitrogens with one attached hydrogen (secondary N) is 1. The molecule has 3 rings (SSSR count). The second-order valence-electron chi connectivity index (χ2n) is 6.04. The lowest BCUT2D eigenvalue weighted by atomic mass is 9.98. The van der Waals surface area contributed by atoms with E-state index < -0.39 is 0 Å². The summed E-state index contributed by atoms with van der Waals surface area (Å²) in [4.78, 5) is 17.9. The maximum absolute atomic E-state index is 12.6. The molecule has 1 saturated heterocycles. The number of para-hydroxylation sites is 1. The lowest BCUT2D eigenvalue weighted by molar-refractivity contribution is -0.132. The van der Waals surface area contributed by atoms with Gasteiger partial charge in [-0.2, -0.15) is 0 Å². The van der Waals surface area contributed by atoms with Crippen LogP contribution in [0, 0.1) is 5.92 Å². The molecule has 0 saturated carbocycles. The standard InChI is InChI=1S/C18H24N2O2/c1-2-22-13-14-6-5-9-20(12-14)18(21)10-15-11-19-17-8-4-3-7-16(15)17/h3-4,7-8,11,14,19H,2,5-6,9-10,12-13H2,1H3. The molecule has 0 spiro atoms. The number of piperidine rings is 1. The molecule has 1 amide bonds. The number of benzene rings is 1. The van der Waals surface area contributed by atoms with Gasteiger partial charge in [0.15, 0.2) is 0 Å². The number of hydrogen-bond donors (Lipinski definition) is 1. The minimum absolute atomic E-state index is 0.228. The van der Waals surface area contributed by atoms with Gasteiger partial charge in [0.1, 0.15) is 0 Å². The first-order chi connectivity index (χ1) is 10.8. The number of carbonyl (C=O) groups excluding carboxylic acids is 1. The first-order valence-electron chi connectivity index (χ1n) is 8.18. The van der Waals surface area contributed by atoms with Gasteiger partial charge < -0.3 is 14.6 Å². The Kier molecular flexibility index (Phi) is 4.78. The Labute approximate surface area is 131 Å². The monoisotopic (exact) mass is 300 g/mol. The number of aromatic amines is 1. The van der Waals surface area contributed by atoms with Crippen LogP contribution in [0.5, 0.6) is 0 Å². The van der Waals surface area contributed by atoms with Crippen molar-refractivity contribution in [2.75, 3.05) is 26.3 Å². The van der Waals surface area contributed by atoms with Crippen LogP contribution in [0.3, 0.4) is 0 Å². The Balaban J connectivity index is 1.64. The number of H-pyrrole nitrogens is 1. The van der Waals surface area contributed by atoms with E-state index in [1.165, 1.54) is 0 Å². The Bertz CT molecular complexity index is 635. The van der Waals surface area contributed by atoms with E-state index in [0.717, 1.165) is 55.6 Å². The lowest BCUT2D eigenvalue weighted by Gasteiger charge is -2.32. The maximum Gasteiger partial charge on any atom is 0.227 e. The minimum Gasteiger partial charge on any atom is -0.381 e. The van der Waals surface area contributed by atoms with Crippen LogP contribution in [0.4, 0.5) is 0 Å². The molecule has 1 aliphatic heterocycles. The van der Waals surface area contributed by atoms with Crippen molar-refractivity contribution in [3.63, 3.8) is 0 Å². The van der Waals surface area contributed by atoms with Gasteiger partial charge >= 0.3 is 0 Å². The molecule has 1 aromatic heterocycles. The van der Waals surface area contributed by atoms with E-state index in [-0.39, 0.29) is 5.91 Å². The average Bonchev–Trinajstić information content (AvgIpc) is 2.96. The fraction of sp³-hybridized carbons (Fsp3) is 0.500. The zero-order valence-corrected chi connectivity index (χ0v) is 13.2. The summed E-state index contributed by atoms with van der Waals surface area (Å²) in [7, 11) is 0. The summed E-state index contributed by atoms with van der Waals surface area (Å²) in [5, 5.41) is 1.15. The topological polar surface area (TPSA) is 45.3 Å². The quantitative estimate of drug-likeness (QED) is 0.922. The molecule has 0 aliphatic carbocycles. The molecule has 118 valence electrons. The van der Waals surface area contributed by atoms with Crippen LogP contribution < -0.4 is 0 Å². The highest BCUT2D eigenvalue weighted by Crippen LogP contribution is 2.21. The SMILES string of the molecule is CCOCC1CCCN(C(=O)Cc2c[nH]c3ccccc23)C1. The first kappa shape index (κ1) is 15.1. The van der Waals surface area contributed by atoms with Gasteiger partial charge in [-0.05, 0) is 37.3 Å². The number of carbonyl (C=O) groups is 1. The van der Waals surface area contributed by atoms with Gasteiger partial charge in [0, 0.05) is 36.8 Å². The number of nitrogens with zero attached hydrogens (tertiary/aromatic N) is 1. The molecular weight excluding hydrogens is 276 g/mol. The van der Waals surface area contributed by atoms with Crippen LogP contribution >= 0.6 is 0 Å². The van der Waals surface area contributed by atoms with E-state index in [2.05, 4.69) is 11.1 Å². The Morgan fingerprint density at radius 1 is 1.41 bits per heavy atom. The van der Waals surface area contributed by atoms with Gasteiger partial charge in [0.25, 0.3) is 0 Å². The predicted molar refractivity (Wildman–Crippen MR) is 87.8 cm³/mol. The summed E-state index contributed by atoms with van der Waals surface area (Å²) in [5.74, 6) is 0.714. The van der Waals surface area contributed by atoms with Crippen molar-refractivity contribution in [3.05, 3.63) is 36.0 Å². The summed E-state index contributed by atoms with van der Waals surface area (Å²) in [5.41, 5.74) is 2.19. The normalized spacial score (nSPS) is 18.8. The van der Waals surface area contributed by atoms with Crippen LogP contribution in [-0.4, -0.2) is 42.1 Å². The predicted octanol–water partition coefficient (Wildman–Crippen LogP) is 2.99. The van der Waals surface area contributed by atoms with Gasteiger partial charge in [-0.1, -0.05) is 18.2 Å². The Morgan fingerprint density at radius 3 is 3.14 bits per heavy atom. The number of rotatable bonds is 5. The molecule has 2 heterocycles. The van der Waals surface area contributed by atoms with Crippen LogP contribution in [0.2, 0.25) is 0 Å². The highest BCUT2D eigenvalue weighted by atomic mass is 16.5. The number of fused-ring (bicyclic) bond motifs is 1. The summed E-state index contributed by atoms with van der Waals surface area (Å²) in [6, 6.07) is 8.14. The Hall–Kier alpha value is -1.81. The van der Waals surface area contributed by atoms with Crippen molar-refractivity contribution in [1.82, 2.24) is 9.88 Å². The molecular formula is C18H24N2O2.